The molecule has 2 rings (SSSR count). The molecule has 0 aliphatic rings. The number of nitrogens with one attached hydrogen (secondary N) is 1. The van der Waals surface area contributed by atoms with Crippen molar-refractivity contribution in [3.05, 3.63) is 35.6 Å². The number of hydrogen-bond donors (Lipinski definition) is 1. The number of methoxy groups -OCH3 is 1. The highest BCUT2D eigenvalue weighted by Crippen LogP contribution is 2.21. The molecule has 92 valence electrons. The third-order valence-electron chi connectivity index (χ3n) is 2.78. The van der Waals surface area contributed by atoms with Crippen LogP contribution in [0, 0.1) is 0 Å². The van der Waals surface area contributed by atoms with Crippen molar-refractivity contribution in [2.75, 3.05) is 20.3 Å². The molecule has 17 heavy (non-hydrogen) atoms. The number of hydrogen-bond acceptors (Lipinski definition) is 3. The second-order valence-electron chi connectivity index (χ2n) is 4.11. The molecule has 1 heterocycles. The predicted octanol–water partition coefficient (Wildman–Crippen LogP) is 2.73. The fraction of sp³-hybridized carbons (Fsp3) is 0.429. The summed E-state index contributed by atoms with van der Waals surface area (Å²) in [5.41, 5.74) is 2.24. The minimum Gasteiger partial charge on any atom is -0.460 e. The van der Waals surface area contributed by atoms with E-state index in [-0.39, 0.29) is 0 Å². The lowest BCUT2D eigenvalue weighted by atomic mass is 10.1. The molecule has 3 heteroatoms. The van der Waals surface area contributed by atoms with Crippen molar-refractivity contribution in [1.29, 1.82) is 0 Å². The van der Waals surface area contributed by atoms with Crippen LogP contribution in [-0.2, 0) is 17.7 Å². The molecule has 0 radical (unpaired) electrons. The van der Waals surface area contributed by atoms with Crippen LogP contribution in [0.5, 0.6) is 0 Å². The second-order valence-corrected chi connectivity index (χ2v) is 4.11. The minimum atomic E-state index is 0.758. The molecule has 0 aliphatic heterocycles. The number of ether oxygens (including phenoxy) is 1. The van der Waals surface area contributed by atoms with E-state index in [4.69, 9.17) is 9.15 Å². The molecular weight excluding hydrogens is 214 g/mol. The predicted molar refractivity (Wildman–Crippen MR) is 69.2 cm³/mol. The van der Waals surface area contributed by atoms with Crippen LogP contribution in [0.1, 0.15) is 18.2 Å². The first kappa shape index (κ1) is 12.1. The molecule has 0 amide bonds. The van der Waals surface area contributed by atoms with Gasteiger partial charge in [0.2, 0.25) is 0 Å². The minimum absolute atomic E-state index is 0.758. The number of benzene rings is 1. The molecule has 0 spiro atoms. The first-order chi connectivity index (χ1) is 8.33. The number of fused-ring (bicyclic) bond motifs is 1. The second kappa shape index (κ2) is 5.84. The summed E-state index contributed by atoms with van der Waals surface area (Å²) in [4.78, 5) is 0. The first-order valence-electron chi connectivity index (χ1n) is 6.04. The Kier molecular flexibility index (Phi) is 4.18. The Hall–Kier alpha value is -1.32. The van der Waals surface area contributed by atoms with E-state index in [1.807, 2.05) is 6.07 Å². The summed E-state index contributed by atoms with van der Waals surface area (Å²) >= 11 is 0. The van der Waals surface area contributed by atoms with E-state index in [9.17, 15) is 0 Å². The fourth-order valence-electron chi connectivity index (χ4n) is 1.86. The van der Waals surface area contributed by atoms with Gasteiger partial charge in [-0.25, -0.2) is 0 Å². The Morgan fingerprint density at radius 3 is 2.94 bits per heavy atom. The van der Waals surface area contributed by atoms with Crippen LogP contribution in [0.3, 0.4) is 0 Å². The quantitative estimate of drug-likeness (QED) is 0.833. The van der Waals surface area contributed by atoms with Crippen molar-refractivity contribution < 1.29 is 9.15 Å². The monoisotopic (exact) mass is 233 g/mol. The van der Waals surface area contributed by atoms with Gasteiger partial charge in [0.25, 0.3) is 0 Å². The summed E-state index contributed by atoms with van der Waals surface area (Å²) in [6.45, 7) is 4.59. The van der Waals surface area contributed by atoms with Crippen LogP contribution in [0.4, 0.5) is 0 Å². The molecule has 3 nitrogen and oxygen atoms in total. The van der Waals surface area contributed by atoms with E-state index in [2.05, 4.69) is 30.4 Å². The Labute approximate surface area is 102 Å². The van der Waals surface area contributed by atoms with Crippen molar-refractivity contribution in [3.8, 4) is 0 Å². The average Bonchev–Trinajstić information content (AvgIpc) is 2.75. The summed E-state index contributed by atoms with van der Waals surface area (Å²) in [7, 11) is 1.73. The lowest BCUT2D eigenvalue weighted by molar-refractivity contribution is 0.202. The van der Waals surface area contributed by atoms with Gasteiger partial charge in [0.1, 0.15) is 11.3 Å². The van der Waals surface area contributed by atoms with E-state index in [1.54, 1.807) is 7.11 Å². The summed E-state index contributed by atoms with van der Waals surface area (Å²) in [6, 6.07) is 8.42. The van der Waals surface area contributed by atoms with Crippen LogP contribution in [0.2, 0.25) is 0 Å². The third kappa shape index (κ3) is 3.08. The molecule has 0 atom stereocenters. The van der Waals surface area contributed by atoms with Crippen LogP contribution in [-0.4, -0.2) is 20.3 Å². The average molecular weight is 233 g/mol. The van der Waals surface area contributed by atoms with Gasteiger partial charge in [-0.1, -0.05) is 13.0 Å². The fourth-order valence-corrected chi connectivity index (χ4v) is 1.86. The van der Waals surface area contributed by atoms with Crippen molar-refractivity contribution >= 4 is 11.0 Å². The Bertz CT molecular complexity index is 470. The molecule has 1 aromatic carbocycles. The molecular formula is C14H19NO2. The van der Waals surface area contributed by atoms with Gasteiger partial charge in [0, 0.05) is 12.5 Å². The summed E-state index contributed by atoms with van der Waals surface area (Å²) in [5.74, 6) is 0.991. The lowest BCUT2D eigenvalue weighted by Crippen LogP contribution is -2.10. The molecule has 0 aliphatic carbocycles. The highest BCUT2D eigenvalue weighted by atomic mass is 16.5. The zero-order chi connectivity index (χ0) is 12.1. The molecule has 1 aromatic heterocycles. The molecule has 1 N–H and O–H groups in total. The van der Waals surface area contributed by atoms with Gasteiger partial charge in [-0.15, -0.1) is 0 Å². The Balaban J connectivity index is 2.15. The zero-order valence-electron chi connectivity index (χ0n) is 10.5. The van der Waals surface area contributed by atoms with Gasteiger partial charge in [0.05, 0.1) is 13.2 Å². The summed E-state index contributed by atoms with van der Waals surface area (Å²) in [6.07, 6.45) is 0.945. The molecule has 2 aromatic rings. The van der Waals surface area contributed by atoms with Gasteiger partial charge >= 0.3 is 0 Å². The summed E-state index contributed by atoms with van der Waals surface area (Å²) in [5, 5.41) is 4.43. The van der Waals surface area contributed by atoms with Gasteiger partial charge < -0.3 is 14.5 Å². The number of furan rings is 1. The zero-order valence-corrected chi connectivity index (χ0v) is 10.5. The molecule has 0 unspecified atom stereocenters. The maximum atomic E-state index is 5.74. The SMILES string of the molecule is CCNCc1cc2cc(CCOC)ccc2o1. The molecule has 0 saturated carbocycles. The van der Waals surface area contributed by atoms with Crippen molar-refractivity contribution in [2.45, 2.75) is 19.9 Å². The van der Waals surface area contributed by atoms with E-state index in [0.29, 0.717) is 0 Å². The van der Waals surface area contributed by atoms with Gasteiger partial charge in [-0.05, 0) is 36.7 Å². The summed E-state index contributed by atoms with van der Waals surface area (Å²) < 4.78 is 10.8. The van der Waals surface area contributed by atoms with Crippen molar-refractivity contribution in [2.24, 2.45) is 0 Å². The maximum absolute atomic E-state index is 5.74. The van der Waals surface area contributed by atoms with Gasteiger partial charge in [-0.3, -0.25) is 0 Å². The number of rotatable bonds is 6. The molecule has 0 saturated heterocycles. The van der Waals surface area contributed by atoms with E-state index in [1.165, 1.54) is 10.9 Å². The largest absolute Gasteiger partial charge is 0.460 e. The van der Waals surface area contributed by atoms with Crippen LogP contribution in [0.25, 0.3) is 11.0 Å². The normalized spacial score (nSPS) is 11.2. The topological polar surface area (TPSA) is 34.4 Å². The van der Waals surface area contributed by atoms with Gasteiger partial charge in [0.15, 0.2) is 0 Å². The highest BCUT2D eigenvalue weighted by Gasteiger charge is 2.04. The Morgan fingerprint density at radius 1 is 1.29 bits per heavy atom. The highest BCUT2D eigenvalue weighted by molar-refractivity contribution is 5.78. The van der Waals surface area contributed by atoms with E-state index < -0.39 is 0 Å². The van der Waals surface area contributed by atoms with Crippen LogP contribution in [0.15, 0.2) is 28.7 Å². The van der Waals surface area contributed by atoms with Crippen LogP contribution < -0.4 is 5.32 Å². The lowest BCUT2D eigenvalue weighted by Gasteiger charge is -1.99. The smallest absolute Gasteiger partial charge is 0.134 e. The van der Waals surface area contributed by atoms with E-state index in [0.717, 1.165) is 37.5 Å². The molecule has 0 fully saturated rings. The van der Waals surface area contributed by atoms with Gasteiger partial charge in [-0.2, -0.15) is 0 Å². The maximum Gasteiger partial charge on any atom is 0.134 e. The van der Waals surface area contributed by atoms with Crippen molar-refractivity contribution in [1.82, 2.24) is 5.32 Å². The molecule has 0 bridgehead atoms. The standard InChI is InChI=1S/C14H19NO2/c1-3-15-10-13-9-12-8-11(6-7-16-2)4-5-14(12)17-13/h4-5,8-9,15H,3,6-7,10H2,1-2H3. The van der Waals surface area contributed by atoms with E-state index >= 15 is 0 Å². The third-order valence-corrected chi connectivity index (χ3v) is 2.78. The van der Waals surface area contributed by atoms with Crippen molar-refractivity contribution in [3.63, 3.8) is 0 Å². The van der Waals surface area contributed by atoms with Crippen LogP contribution >= 0.6 is 0 Å². The Morgan fingerprint density at radius 2 is 2.18 bits per heavy atom. The first-order valence-corrected chi connectivity index (χ1v) is 6.04.